The first-order chi connectivity index (χ1) is 12.8. The molecule has 0 aromatic heterocycles. The predicted molar refractivity (Wildman–Crippen MR) is 104 cm³/mol. The number of nitrogens with zero attached hydrogens (tertiary/aromatic N) is 2. The van der Waals surface area contributed by atoms with E-state index < -0.39 is 24.3 Å². The van der Waals surface area contributed by atoms with Crippen LogP contribution in [0.4, 0.5) is 10.5 Å². The van der Waals surface area contributed by atoms with Gasteiger partial charge in [0.15, 0.2) is 0 Å². The monoisotopic (exact) mass is 373 g/mol. The van der Waals surface area contributed by atoms with Crippen molar-refractivity contribution in [1.29, 1.82) is 0 Å². The number of rotatable bonds is 7. The Labute approximate surface area is 159 Å². The number of amides is 1. The Hall–Kier alpha value is -2.96. The molecular weight excluding hydrogens is 346 g/mol. The molecular formula is C20H27N3O4. The summed E-state index contributed by atoms with van der Waals surface area (Å²) in [5, 5.41) is 11.7. The van der Waals surface area contributed by atoms with Gasteiger partial charge in [-0.15, -0.1) is 0 Å². The predicted octanol–water partition coefficient (Wildman–Crippen LogP) is 2.97. The fourth-order valence-electron chi connectivity index (χ4n) is 2.70. The zero-order valence-electron chi connectivity index (χ0n) is 16.1. The second kappa shape index (κ2) is 9.12. The van der Waals surface area contributed by atoms with Crippen molar-refractivity contribution < 1.29 is 19.4 Å². The lowest BCUT2D eigenvalue weighted by molar-refractivity contribution is -0.140. The second-order valence-corrected chi connectivity index (χ2v) is 6.91. The number of carbonyl (C=O) groups excluding carboxylic acids is 1. The van der Waals surface area contributed by atoms with E-state index in [-0.39, 0.29) is 5.92 Å². The Morgan fingerprint density at radius 3 is 2.33 bits per heavy atom. The molecule has 0 saturated heterocycles. The van der Waals surface area contributed by atoms with Gasteiger partial charge < -0.3 is 25.0 Å². The summed E-state index contributed by atoms with van der Waals surface area (Å²) in [6.07, 6.45) is 6.15. The molecule has 1 aromatic carbocycles. The zero-order valence-corrected chi connectivity index (χ0v) is 16.1. The first-order valence-corrected chi connectivity index (χ1v) is 8.86. The van der Waals surface area contributed by atoms with Crippen LogP contribution in [0, 0.1) is 5.92 Å². The van der Waals surface area contributed by atoms with Gasteiger partial charge in [-0.05, 0) is 24.1 Å². The maximum Gasteiger partial charge on any atom is 0.410 e. The lowest BCUT2D eigenvalue weighted by Gasteiger charge is -2.31. The summed E-state index contributed by atoms with van der Waals surface area (Å²) in [6.45, 7) is 4.04. The molecule has 0 bridgehead atoms. The molecule has 1 aliphatic rings. The van der Waals surface area contributed by atoms with E-state index in [4.69, 9.17) is 4.74 Å². The molecule has 1 amide bonds. The van der Waals surface area contributed by atoms with E-state index in [0.29, 0.717) is 6.54 Å². The summed E-state index contributed by atoms with van der Waals surface area (Å²) in [4.78, 5) is 27.6. The molecule has 0 fully saturated rings. The minimum atomic E-state index is -1.09. The molecule has 2 N–H and O–H groups in total. The molecule has 27 heavy (non-hydrogen) atoms. The Morgan fingerprint density at radius 2 is 1.85 bits per heavy atom. The third kappa shape index (κ3) is 5.51. The third-order valence-electron chi connectivity index (χ3n) is 4.26. The quantitative estimate of drug-likeness (QED) is 0.765. The molecule has 1 aromatic rings. The van der Waals surface area contributed by atoms with Gasteiger partial charge >= 0.3 is 12.1 Å². The van der Waals surface area contributed by atoms with Gasteiger partial charge in [0.2, 0.25) is 6.23 Å². The molecule has 2 atom stereocenters. The van der Waals surface area contributed by atoms with Crippen molar-refractivity contribution in [3.8, 4) is 0 Å². The molecule has 2 rings (SSSR count). The number of hydrogen-bond donors (Lipinski definition) is 2. The van der Waals surface area contributed by atoms with Gasteiger partial charge in [0.05, 0.1) is 0 Å². The number of alkyl carbamates (subject to hydrolysis) is 1. The van der Waals surface area contributed by atoms with Crippen molar-refractivity contribution in [3.05, 3.63) is 54.3 Å². The van der Waals surface area contributed by atoms with Crippen molar-refractivity contribution in [1.82, 2.24) is 10.2 Å². The van der Waals surface area contributed by atoms with E-state index in [2.05, 4.69) is 5.32 Å². The number of carbonyl (C=O) groups is 2. The maximum absolute atomic E-state index is 12.4. The Bertz CT molecular complexity index is 710. The highest BCUT2D eigenvalue weighted by Gasteiger charge is 2.28. The molecule has 1 unspecified atom stereocenters. The van der Waals surface area contributed by atoms with Crippen LogP contribution in [-0.4, -0.2) is 48.8 Å². The highest BCUT2D eigenvalue weighted by Crippen LogP contribution is 2.26. The highest BCUT2D eigenvalue weighted by molar-refractivity contribution is 5.80. The van der Waals surface area contributed by atoms with Crippen molar-refractivity contribution in [2.24, 2.45) is 5.92 Å². The molecule has 146 valence electrons. The number of anilines is 1. The van der Waals surface area contributed by atoms with Gasteiger partial charge in [-0.2, -0.15) is 0 Å². The molecule has 0 spiro atoms. The van der Waals surface area contributed by atoms with Crippen molar-refractivity contribution >= 4 is 17.7 Å². The lowest BCUT2D eigenvalue weighted by Crippen LogP contribution is -2.45. The fourth-order valence-corrected chi connectivity index (χ4v) is 2.70. The second-order valence-electron chi connectivity index (χ2n) is 6.91. The summed E-state index contributed by atoms with van der Waals surface area (Å²) in [5.41, 5.74) is 1.83. The largest absolute Gasteiger partial charge is 0.480 e. The van der Waals surface area contributed by atoms with Crippen LogP contribution in [0.25, 0.3) is 0 Å². The van der Waals surface area contributed by atoms with E-state index in [1.165, 1.54) is 0 Å². The average molecular weight is 373 g/mol. The summed E-state index contributed by atoms with van der Waals surface area (Å²) in [6, 6.07) is 6.68. The number of nitrogens with one attached hydrogen (secondary N) is 1. The third-order valence-corrected chi connectivity index (χ3v) is 4.26. The topological polar surface area (TPSA) is 82.1 Å². The zero-order chi connectivity index (χ0) is 20.0. The molecule has 0 radical (unpaired) electrons. The minimum absolute atomic E-state index is 0.259. The summed E-state index contributed by atoms with van der Waals surface area (Å²) >= 11 is 0. The first kappa shape index (κ1) is 20.4. The summed E-state index contributed by atoms with van der Waals surface area (Å²) < 4.78 is 5.62. The van der Waals surface area contributed by atoms with Crippen molar-refractivity contribution in [3.63, 3.8) is 0 Å². The summed E-state index contributed by atoms with van der Waals surface area (Å²) in [7, 11) is 3.90. The van der Waals surface area contributed by atoms with Crippen LogP contribution in [-0.2, 0) is 9.53 Å². The van der Waals surface area contributed by atoms with Crippen LogP contribution in [0.1, 0.15) is 25.6 Å². The van der Waals surface area contributed by atoms with Gasteiger partial charge in [-0.3, -0.25) is 0 Å². The fraction of sp³-hybridized carbons (Fsp3) is 0.400. The van der Waals surface area contributed by atoms with Gasteiger partial charge in [-0.1, -0.05) is 38.1 Å². The Balaban J connectivity index is 2.20. The number of carboxylic acid groups (broad SMARTS) is 1. The maximum atomic E-state index is 12.4. The van der Waals surface area contributed by atoms with E-state index >= 15 is 0 Å². The molecule has 0 saturated carbocycles. The molecule has 1 heterocycles. The van der Waals surface area contributed by atoms with Crippen LogP contribution >= 0.6 is 0 Å². The Morgan fingerprint density at radius 1 is 1.19 bits per heavy atom. The molecule has 7 heteroatoms. The van der Waals surface area contributed by atoms with E-state index in [9.17, 15) is 14.7 Å². The smallest absolute Gasteiger partial charge is 0.410 e. The van der Waals surface area contributed by atoms with Crippen LogP contribution in [0.5, 0.6) is 0 Å². The molecule has 7 nitrogen and oxygen atoms in total. The lowest BCUT2D eigenvalue weighted by atomic mass is 10.1. The number of carboxylic acids is 1. The average Bonchev–Trinajstić information content (AvgIpc) is 2.64. The standard InChI is InChI=1S/C20H27N3O4/c1-14(2)17(19(24)25)21-20(26)27-18(23-12-6-5-7-13-23)15-8-10-16(11-9-15)22(3)4/h5-12,14,17-18H,13H2,1-4H3,(H,21,26)(H,24,25)/t17-,18?/m0/s1. The van der Waals surface area contributed by atoms with Gasteiger partial charge in [0.1, 0.15) is 6.04 Å². The number of aliphatic carboxylic acids is 1. The summed E-state index contributed by atoms with van der Waals surface area (Å²) in [5.74, 6) is -1.35. The number of benzene rings is 1. The number of allylic oxidation sites excluding steroid dienone is 2. The van der Waals surface area contributed by atoms with Gasteiger partial charge in [0, 0.05) is 38.1 Å². The number of ether oxygens (including phenoxy) is 1. The van der Waals surface area contributed by atoms with Crippen molar-refractivity contribution in [2.75, 3.05) is 25.5 Å². The highest BCUT2D eigenvalue weighted by atomic mass is 16.6. The van der Waals surface area contributed by atoms with Crippen LogP contribution < -0.4 is 10.2 Å². The van der Waals surface area contributed by atoms with E-state index in [1.807, 2.05) is 72.6 Å². The van der Waals surface area contributed by atoms with Gasteiger partial charge in [0.25, 0.3) is 0 Å². The minimum Gasteiger partial charge on any atom is -0.480 e. The number of hydrogen-bond acceptors (Lipinski definition) is 5. The van der Waals surface area contributed by atoms with Crippen LogP contribution in [0.15, 0.2) is 48.7 Å². The Kier molecular flexibility index (Phi) is 6.87. The molecule has 1 aliphatic heterocycles. The van der Waals surface area contributed by atoms with E-state index in [1.54, 1.807) is 13.8 Å². The van der Waals surface area contributed by atoms with Crippen molar-refractivity contribution in [2.45, 2.75) is 26.1 Å². The van der Waals surface area contributed by atoms with Gasteiger partial charge in [-0.25, -0.2) is 9.59 Å². The normalized spacial score (nSPS) is 15.4. The van der Waals surface area contributed by atoms with Crippen LogP contribution in [0.2, 0.25) is 0 Å². The van der Waals surface area contributed by atoms with E-state index in [0.717, 1.165) is 11.3 Å². The molecule has 0 aliphatic carbocycles. The first-order valence-electron chi connectivity index (χ1n) is 8.86. The van der Waals surface area contributed by atoms with Crippen LogP contribution in [0.3, 0.4) is 0 Å². The SMILES string of the molecule is CC(C)[C@H](NC(=O)OC(c1ccc(N(C)C)cc1)N1C=CC=CC1)C(=O)O.